The van der Waals surface area contributed by atoms with Crippen molar-refractivity contribution in [1.29, 1.82) is 0 Å². The van der Waals surface area contributed by atoms with E-state index in [0.717, 1.165) is 37.1 Å². The lowest BCUT2D eigenvalue weighted by Crippen LogP contribution is -1.96. The minimum atomic E-state index is 0.778. The van der Waals surface area contributed by atoms with E-state index in [4.69, 9.17) is 9.97 Å². The monoisotopic (exact) mass is 422 g/mol. The van der Waals surface area contributed by atoms with Crippen LogP contribution in [0.25, 0.3) is 33.5 Å². The fourth-order valence-electron chi connectivity index (χ4n) is 2.82. The van der Waals surface area contributed by atoms with Gasteiger partial charge in [-0.3, -0.25) is 0 Å². The van der Waals surface area contributed by atoms with Gasteiger partial charge in [-0.2, -0.15) is 0 Å². The third kappa shape index (κ3) is 2.80. The Morgan fingerprint density at radius 3 is 2.38 bits per heavy atom. The summed E-state index contributed by atoms with van der Waals surface area (Å²) in [5, 5.41) is 1.08. The van der Waals surface area contributed by atoms with Crippen LogP contribution in [-0.4, -0.2) is 9.97 Å². The van der Waals surface area contributed by atoms with Gasteiger partial charge in [0.05, 0.1) is 11.2 Å². The molecule has 4 rings (SSSR count). The lowest BCUT2D eigenvalue weighted by molar-refractivity contribution is 1.22. The highest BCUT2D eigenvalue weighted by Gasteiger charge is 2.13. The van der Waals surface area contributed by atoms with E-state index in [1.807, 2.05) is 30.3 Å². The molecule has 0 fully saturated rings. The number of aryl methyl sites for hydroxylation is 1. The highest BCUT2D eigenvalue weighted by molar-refractivity contribution is 14.1. The number of rotatable bonds is 2. The molecule has 0 spiro atoms. The maximum atomic E-state index is 4.93. The quantitative estimate of drug-likeness (QED) is 0.377. The fraction of sp³-hybridized carbons (Fsp3) is 0.0476. The molecule has 0 unspecified atom stereocenters. The van der Waals surface area contributed by atoms with Crippen LogP contribution in [0.1, 0.15) is 5.56 Å². The second-order valence-electron chi connectivity index (χ2n) is 5.76. The van der Waals surface area contributed by atoms with Gasteiger partial charge in [0.25, 0.3) is 0 Å². The molecule has 0 aliphatic rings. The SMILES string of the molecule is Cc1ccc(I)c(-c2nc(-c3ccccc3)c3ccccc3n2)c1. The predicted octanol–water partition coefficient (Wildman–Crippen LogP) is 5.88. The Hall–Kier alpha value is -2.27. The average Bonchev–Trinajstić information content (AvgIpc) is 2.63. The Labute approximate surface area is 154 Å². The zero-order valence-corrected chi connectivity index (χ0v) is 15.4. The van der Waals surface area contributed by atoms with Crippen molar-refractivity contribution in [2.75, 3.05) is 0 Å². The van der Waals surface area contributed by atoms with Crippen molar-refractivity contribution in [3.8, 4) is 22.6 Å². The zero-order chi connectivity index (χ0) is 16.5. The van der Waals surface area contributed by atoms with Crippen molar-refractivity contribution in [2.45, 2.75) is 6.92 Å². The van der Waals surface area contributed by atoms with Gasteiger partial charge in [0.1, 0.15) is 0 Å². The van der Waals surface area contributed by atoms with Crippen LogP contribution in [0.2, 0.25) is 0 Å². The van der Waals surface area contributed by atoms with E-state index < -0.39 is 0 Å². The first-order valence-electron chi connectivity index (χ1n) is 7.81. The summed E-state index contributed by atoms with van der Waals surface area (Å²) in [5.74, 6) is 0.778. The molecule has 0 saturated carbocycles. The summed E-state index contributed by atoms with van der Waals surface area (Å²) in [6.07, 6.45) is 0. The van der Waals surface area contributed by atoms with Crippen LogP contribution >= 0.6 is 22.6 Å². The number of para-hydroxylation sites is 1. The smallest absolute Gasteiger partial charge is 0.161 e. The predicted molar refractivity (Wildman–Crippen MR) is 108 cm³/mol. The number of fused-ring (bicyclic) bond motifs is 1. The summed E-state index contributed by atoms with van der Waals surface area (Å²) >= 11 is 2.35. The van der Waals surface area contributed by atoms with Gasteiger partial charge in [0.15, 0.2) is 5.82 Å². The molecule has 0 saturated heterocycles. The van der Waals surface area contributed by atoms with Crippen molar-refractivity contribution >= 4 is 33.5 Å². The van der Waals surface area contributed by atoms with Gasteiger partial charge in [0, 0.05) is 20.1 Å². The Bertz CT molecular complexity index is 1030. The summed E-state index contributed by atoms with van der Waals surface area (Å²) in [6, 6.07) is 24.9. The lowest BCUT2D eigenvalue weighted by atomic mass is 10.1. The normalized spacial score (nSPS) is 10.9. The first-order chi connectivity index (χ1) is 11.7. The number of halogens is 1. The second-order valence-corrected chi connectivity index (χ2v) is 6.92. The molecule has 0 aliphatic carbocycles. The molecule has 1 aromatic heterocycles. The molecule has 3 heteroatoms. The molecule has 2 nitrogen and oxygen atoms in total. The highest BCUT2D eigenvalue weighted by Crippen LogP contribution is 2.30. The second kappa shape index (κ2) is 6.32. The van der Waals surface area contributed by atoms with E-state index in [1.165, 1.54) is 5.56 Å². The zero-order valence-electron chi connectivity index (χ0n) is 13.2. The summed E-state index contributed by atoms with van der Waals surface area (Å²) in [7, 11) is 0. The molecule has 0 amide bonds. The summed E-state index contributed by atoms with van der Waals surface area (Å²) in [4.78, 5) is 9.75. The molecule has 24 heavy (non-hydrogen) atoms. The Kier molecular flexibility index (Phi) is 4.02. The molecule has 0 radical (unpaired) electrons. The van der Waals surface area contributed by atoms with Gasteiger partial charge < -0.3 is 0 Å². The van der Waals surface area contributed by atoms with Crippen LogP contribution < -0.4 is 0 Å². The maximum Gasteiger partial charge on any atom is 0.161 e. The molecule has 0 N–H and O–H groups in total. The highest BCUT2D eigenvalue weighted by atomic mass is 127. The van der Waals surface area contributed by atoms with Crippen LogP contribution in [0.4, 0.5) is 0 Å². The van der Waals surface area contributed by atoms with E-state index in [-0.39, 0.29) is 0 Å². The van der Waals surface area contributed by atoms with Crippen LogP contribution in [0.3, 0.4) is 0 Å². The number of hydrogen-bond acceptors (Lipinski definition) is 2. The molecule has 0 aliphatic heterocycles. The fourth-order valence-corrected chi connectivity index (χ4v) is 3.40. The van der Waals surface area contributed by atoms with E-state index in [2.05, 4.69) is 72.0 Å². The van der Waals surface area contributed by atoms with Crippen molar-refractivity contribution in [1.82, 2.24) is 9.97 Å². The van der Waals surface area contributed by atoms with Gasteiger partial charge in [0.2, 0.25) is 0 Å². The Balaban J connectivity index is 2.03. The van der Waals surface area contributed by atoms with Crippen molar-refractivity contribution in [3.63, 3.8) is 0 Å². The molecular weight excluding hydrogens is 407 g/mol. The van der Waals surface area contributed by atoms with Crippen molar-refractivity contribution in [2.24, 2.45) is 0 Å². The van der Waals surface area contributed by atoms with Crippen molar-refractivity contribution in [3.05, 3.63) is 81.9 Å². The standard InChI is InChI=1S/C21H15IN2/c1-14-11-12-18(22)17(13-14)21-23-19-10-6-5-9-16(19)20(24-21)15-7-3-2-4-8-15/h2-13H,1H3. The maximum absolute atomic E-state index is 4.93. The number of nitrogens with zero attached hydrogens (tertiary/aromatic N) is 2. The lowest BCUT2D eigenvalue weighted by Gasteiger charge is -2.10. The van der Waals surface area contributed by atoms with Gasteiger partial charge in [-0.1, -0.05) is 60.2 Å². The first kappa shape index (κ1) is 15.3. The minimum Gasteiger partial charge on any atom is -0.228 e. The van der Waals surface area contributed by atoms with Crippen LogP contribution in [0.15, 0.2) is 72.8 Å². The molecule has 0 atom stereocenters. The number of benzene rings is 3. The summed E-state index contributed by atoms with van der Waals surface area (Å²) in [6.45, 7) is 2.10. The minimum absolute atomic E-state index is 0.778. The van der Waals surface area contributed by atoms with Crippen LogP contribution in [0, 0.1) is 10.5 Å². The van der Waals surface area contributed by atoms with Gasteiger partial charge in [-0.05, 0) is 47.7 Å². The summed E-state index contributed by atoms with van der Waals surface area (Å²) < 4.78 is 1.16. The van der Waals surface area contributed by atoms with Gasteiger partial charge >= 0.3 is 0 Å². The van der Waals surface area contributed by atoms with Crippen molar-refractivity contribution < 1.29 is 0 Å². The van der Waals surface area contributed by atoms with Gasteiger partial charge in [-0.25, -0.2) is 9.97 Å². The third-order valence-electron chi connectivity index (χ3n) is 4.01. The molecule has 3 aromatic carbocycles. The van der Waals surface area contributed by atoms with E-state index >= 15 is 0 Å². The first-order valence-corrected chi connectivity index (χ1v) is 8.89. The molecule has 0 bridgehead atoms. The molecule has 1 heterocycles. The number of hydrogen-bond donors (Lipinski definition) is 0. The molecule has 116 valence electrons. The van der Waals surface area contributed by atoms with Gasteiger partial charge in [-0.15, -0.1) is 0 Å². The van der Waals surface area contributed by atoms with E-state index in [9.17, 15) is 0 Å². The largest absolute Gasteiger partial charge is 0.228 e. The van der Waals surface area contributed by atoms with E-state index in [0.29, 0.717) is 0 Å². The Morgan fingerprint density at radius 1 is 0.792 bits per heavy atom. The van der Waals surface area contributed by atoms with Crippen LogP contribution in [0.5, 0.6) is 0 Å². The molecule has 4 aromatic rings. The summed E-state index contributed by atoms with van der Waals surface area (Å²) in [5.41, 5.74) is 5.36. The topological polar surface area (TPSA) is 25.8 Å². The number of aromatic nitrogens is 2. The average molecular weight is 422 g/mol. The third-order valence-corrected chi connectivity index (χ3v) is 4.95. The molecular formula is C21H15IN2. The van der Waals surface area contributed by atoms with Crippen LogP contribution in [-0.2, 0) is 0 Å². The Morgan fingerprint density at radius 2 is 1.54 bits per heavy atom. The van der Waals surface area contributed by atoms with E-state index in [1.54, 1.807) is 0 Å².